The van der Waals surface area contributed by atoms with Crippen molar-refractivity contribution >= 4 is 0 Å². The van der Waals surface area contributed by atoms with E-state index in [1.54, 1.807) is 43.5 Å². The van der Waals surface area contributed by atoms with E-state index in [1.807, 2.05) is 0 Å². The maximum absolute atomic E-state index is 12.7. The molecule has 0 radical (unpaired) electrons. The number of ether oxygens (including phenoxy) is 1. The lowest BCUT2D eigenvalue weighted by molar-refractivity contribution is 0.238. The van der Waals surface area contributed by atoms with Crippen LogP contribution in [0.3, 0.4) is 0 Å². The Balaban J connectivity index is 2.12. The Kier molecular flexibility index (Phi) is 4.17. The van der Waals surface area contributed by atoms with Crippen LogP contribution in [0.2, 0.25) is 0 Å². The molecule has 0 amide bonds. The van der Waals surface area contributed by atoms with Crippen molar-refractivity contribution in [3.05, 3.63) is 65.5 Å². The van der Waals surface area contributed by atoms with Crippen LogP contribution in [0.25, 0.3) is 0 Å². The van der Waals surface area contributed by atoms with Gasteiger partial charge in [-0.1, -0.05) is 24.0 Å². The molecule has 0 spiro atoms. The van der Waals surface area contributed by atoms with Gasteiger partial charge in [-0.25, -0.2) is 4.39 Å². The summed E-state index contributed by atoms with van der Waals surface area (Å²) in [6, 6.07) is 12.8. The first-order valence-corrected chi connectivity index (χ1v) is 5.78. The molecule has 0 fully saturated rings. The summed E-state index contributed by atoms with van der Waals surface area (Å²) in [6.45, 7) is 0. The summed E-state index contributed by atoms with van der Waals surface area (Å²) < 4.78 is 17.7. The van der Waals surface area contributed by atoms with Gasteiger partial charge in [0.05, 0.1) is 7.11 Å². The molecular formula is C16H13FO2. The summed E-state index contributed by atoms with van der Waals surface area (Å²) in [5.41, 5.74) is 1.35. The van der Waals surface area contributed by atoms with Crippen LogP contribution in [0.15, 0.2) is 48.5 Å². The third-order valence-corrected chi connectivity index (χ3v) is 2.63. The molecule has 0 aliphatic rings. The van der Waals surface area contributed by atoms with E-state index in [2.05, 4.69) is 11.8 Å². The average molecular weight is 256 g/mol. The van der Waals surface area contributed by atoms with Crippen molar-refractivity contribution in [1.29, 1.82) is 0 Å². The molecule has 1 atom stereocenters. The Morgan fingerprint density at radius 1 is 1.05 bits per heavy atom. The zero-order valence-corrected chi connectivity index (χ0v) is 10.4. The lowest BCUT2D eigenvalue weighted by Crippen LogP contribution is -1.94. The largest absolute Gasteiger partial charge is 0.497 e. The van der Waals surface area contributed by atoms with Crippen LogP contribution in [0.1, 0.15) is 17.2 Å². The highest BCUT2D eigenvalue weighted by Crippen LogP contribution is 2.17. The van der Waals surface area contributed by atoms with Crippen LogP contribution in [0.4, 0.5) is 4.39 Å². The summed E-state index contributed by atoms with van der Waals surface area (Å²) >= 11 is 0. The van der Waals surface area contributed by atoms with Crippen molar-refractivity contribution in [2.45, 2.75) is 6.10 Å². The van der Waals surface area contributed by atoms with E-state index < -0.39 is 6.10 Å². The zero-order valence-electron chi connectivity index (χ0n) is 10.4. The van der Waals surface area contributed by atoms with E-state index in [9.17, 15) is 9.50 Å². The van der Waals surface area contributed by atoms with E-state index in [4.69, 9.17) is 4.74 Å². The van der Waals surface area contributed by atoms with E-state index in [0.717, 1.165) is 5.75 Å². The van der Waals surface area contributed by atoms with Crippen molar-refractivity contribution in [2.75, 3.05) is 7.11 Å². The first-order valence-electron chi connectivity index (χ1n) is 5.78. The number of hydrogen-bond acceptors (Lipinski definition) is 2. The minimum absolute atomic E-state index is 0.304. The summed E-state index contributed by atoms with van der Waals surface area (Å²) in [7, 11) is 1.58. The molecule has 0 saturated carbocycles. The minimum atomic E-state index is -0.879. The molecule has 0 bridgehead atoms. The number of aliphatic hydroxyl groups is 1. The van der Waals surface area contributed by atoms with Gasteiger partial charge in [-0.2, -0.15) is 0 Å². The molecule has 2 aromatic rings. The SMILES string of the molecule is COc1ccc(C(O)C#Cc2ccc(F)cc2)cc1. The van der Waals surface area contributed by atoms with Gasteiger partial charge in [0.15, 0.2) is 0 Å². The van der Waals surface area contributed by atoms with Crippen LogP contribution in [-0.4, -0.2) is 12.2 Å². The van der Waals surface area contributed by atoms with Crippen molar-refractivity contribution in [1.82, 2.24) is 0 Å². The predicted molar refractivity (Wildman–Crippen MR) is 71.2 cm³/mol. The Morgan fingerprint density at radius 2 is 1.68 bits per heavy atom. The summed E-state index contributed by atoms with van der Waals surface area (Å²) in [5.74, 6) is 5.94. The molecule has 0 saturated heterocycles. The second-order valence-corrected chi connectivity index (χ2v) is 3.95. The van der Waals surface area contributed by atoms with E-state index in [-0.39, 0.29) is 5.82 Å². The molecular weight excluding hydrogens is 243 g/mol. The Morgan fingerprint density at radius 3 is 2.26 bits per heavy atom. The molecule has 0 aromatic heterocycles. The number of hydrogen-bond donors (Lipinski definition) is 1. The van der Waals surface area contributed by atoms with E-state index in [1.165, 1.54) is 12.1 Å². The Labute approximate surface area is 111 Å². The molecule has 2 nitrogen and oxygen atoms in total. The summed E-state index contributed by atoms with van der Waals surface area (Å²) in [5, 5.41) is 9.91. The lowest BCUT2D eigenvalue weighted by atomic mass is 10.1. The molecule has 0 heterocycles. The lowest BCUT2D eigenvalue weighted by Gasteiger charge is -2.04. The summed E-state index contributed by atoms with van der Waals surface area (Å²) in [6.07, 6.45) is -0.879. The van der Waals surface area contributed by atoms with Gasteiger partial charge in [-0.15, -0.1) is 0 Å². The first kappa shape index (κ1) is 13.1. The van der Waals surface area contributed by atoms with Gasteiger partial charge in [0.2, 0.25) is 0 Å². The number of halogens is 1. The molecule has 1 N–H and O–H groups in total. The van der Waals surface area contributed by atoms with Gasteiger partial charge in [-0.05, 0) is 42.0 Å². The molecule has 0 aliphatic carbocycles. The van der Waals surface area contributed by atoms with Crippen LogP contribution in [0, 0.1) is 17.7 Å². The monoisotopic (exact) mass is 256 g/mol. The highest BCUT2D eigenvalue weighted by atomic mass is 19.1. The standard InChI is InChI=1S/C16H13FO2/c1-19-15-9-5-13(6-10-15)16(18)11-4-12-2-7-14(17)8-3-12/h2-3,5-10,16,18H,1H3. The predicted octanol–water partition coefficient (Wildman–Crippen LogP) is 2.92. The van der Waals surface area contributed by atoms with Gasteiger partial charge in [0.1, 0.15) is 17.7 Å². The molecule has 96 valence electrons. The van der Waals surface area contributed by atoms with E-state index >= 15 is 0 Å². The quantitative estimate of drug-likeness (QED) is 0.837. The summed E-state index contributed by atoms with van der Waals surface area (Å²) in [4.78, 5) is 0. The fourth-order valence-corrected chi connectivity index (χ4v) is 1.55. The third-order valence-electron chi connectivity index (χ3n) is 2.63. The van der Waals surface area contributed by atoms with Crippen LogP contribution in [-0.2, 0) is 0 Å². The maximum atomic E-state index is 12.7. The Hall–Kier alpha value is -2.31. The maximum Gasteiger partial charge on any atom is 0.140 e. The van der Waals surface area contributed by atoms with Crippen LogP contribution in [0.5, 0.6) is 5.75 Å². The highest BCUT2D eigenvalue weighted by Gasteiger charge is 2.03. The molecule has 1 unspecified atom stereocenters. The molecule has 3 heteroatoms. The smallest absolute Gasteiger partial charge is 0.140 e. The first-order chi connectivity index (χ1) is 9.19. The number of aliphatic hydroxyl groups excluding tert-OH is 1. The van der Waals surface area contributed by atoms with Crippen molar-refractivity contribution < 1.29 is 14.2 Å². The van der Waals surface area contributed by atoms with Crippen molar-refractivity contribution in [3.63, 3.8) is 0 Å². The van der Waals surface area contributed by atoms with Gasteiger partial charge >= 0.3 is 0 Å². The molecule has 2 aromatic carbocycles. The minimum Gasteiger partial charge on any atom is -0.497 e. The average Bonchev–Trinajstić information content (AvgIpc) is 2.46. The van der Waals surface area contributed by atoms with Crippen molar-refractivity contribution in [3.8, 4) is 17.6 Å². The Bertz CT molecular complexity index is 591. The number of benzene rings is 2. The normalized spacial score (nSPS) is 11.3. The molecule has 19 heavy (non-hydrogen) atoms. The fraction of sp³-hybridized carbons (Fsp3) is 0.125. The van der Waals surface area contributed by atoms with Gasteiger partial charge < -0.3 is 9.84 Å². The second-order valence-electron chi connectivity index (χ2n) is 3.95. The van der Waals surface area contributed by atoms with Crippen molar-refractivity contribution in [2.24, 2.45) is 0 Å². The number of methoxy groups -OCH3 is 1. The topological polar surface area (TPSA) is 29.5 Å². The van der Waals surface area contributed by atoms with Gasteiger partial charge in [0.25, 0.3) is 0 Å². The highest BCUT2D eigenvalue weighted by molar-refractivity contribution is 5.38. The van der Waals surface area contributed by atoms with Crippen LogP contribution < -0.4 is 4.74 Å². The second kappa shape index (κ2) is 6.03. The molecule has 0 aliphatic heterocycles. The van der Waals surface area contributed by atoms with E-state index in [0.29, 0.717) is 11.1 Å². The number of rotatable bonds is 2. The van der Waals surface area contributed by atoms with Gasteiger partial charge in [-0.3, -0.25) is 0 Å². The fourth-order valence-electron chi connectivity index (χ4n) is 1.55. The zero-order chi connectivity index (χ0) is 13.7. The van der Waals surface area contributed by atoms with Crippen LogP contribution >= 0.6 is 0 Å². The third kappa shape index (κ3) is 3.57. The van der Waals surface area contributed by atoms with Gasteiger partial charge in [0, 0.05) is 5.56 Å². The molecule has 2 rings (SSSR count).